The first-order chi connectivity index (χ1) is 12.1. The highest BCUT2D eigenvalue weighted by Gasteiger charge is 2.34. The van der Waals surface area contributed by atoms with E-state index in [4.69, 9.17) is 11.6 Å². The predicted molar refractivity (Wildman–Crippen MR) is 100 cm³/mol. The number of hydrogen-bond acceptors (Lipinski definition) is 5. The van der Waals surface area contributed by atoms with Crippen molar-refractivity contribution >= 4 is 34.0 Å². The Hall–Kier alpha value is -1.50. The molecule has 0 saturated carbocycles. The summed E-state index contributed by atoms with van der Waals surface area (Å²) in [6, 6.07) is 8.94. The van der Waals surface area contributed by atoms with Crippen LogP contribution >= 0.6 is 22.9 Å². The summed E-state index contributed by atoms with van der Waals surface area (Å²) in [5, 5.41) is 17.0. The van der Waals surface area contributed by atoms with Crippen molar-refractivity contribution in [2.45, 2.75) is 50.6 Å². The molecule has 2 aromatic rings. The van der Waals surface area contributed by atoms with E-state index in [9.17, 15) is 4.79 Å². The maximum atomic E-state index is 12.3. The second-order valence-corrected chi connectivity index (χ2v) is 8.53. The van der Waals surface area contributed by atoms with Gasteiger partial charge in [0.15, 0.2) is 0 Å². The largest absolute Gasteiger partial charge is 0.311 e. The van der Waals surface area contributed by atoms with Gasteiger partial charge in [-0.05, 0) is 49.3 Å². The fourth-order valence-corrected chi connectivity index (χ4v) is 4.97. The first kappa shape index (κ1) is 16.9. The number of rotatable bonds is 5. The summed E-state index contributed by atoms with van der Waals surface area (Å²) >= 11 is 7.44. The van der Waals surface area contributed by atoms with E-state index >= 15 is 0 Å². The van der Waals surface area contributed by atoms with Gasteiger partial charge in [0.05, 0.1) is 0 Å². The number of benzene rings is 1. The van der Waals surface area contributed by atoms with Crippen LogP contribution < -0.4 is 10.6 Å². The van der Waals surface area contributed by atoms with Gasteiger partial charge in [0.1, 0.15) is 5.01 Å². The number of nitrogens with zero attached hydrogens (tertiary/aromatic N) is 2. The van der Waals surface area contributed by atoms with Crippen LogP contribution in [0.15, 0.2) is 24.3 Å². The molecule has 2 N–H and O–H groups in total. The fraction of sp³-hybridized carbons (Fsp3) is 0.500. The second kappa shape index (κ2) is 7.40. The molecule has 2 bridgehead atoms. The van der Waals surface area contributed by atoms with Crippen molar-refractivity contribution in [3.8, 4) is 0 Å². The molecule has 2 aliphatic heterocycles. The van der Waals surface area contributed by atoms with Gasteiger partial charge in [-0.2, -0.15) is 0 Å². The van der Waals surface area contributed by atoms with Crippen LogP contribution in [0.4, 0.5) is 5.13 Å². The maximum Gasteiger partial charge on any atom is 0.226 e. The van der Waals surface area contributed by atoms with E-state index in [1.54, 1.807) is 0 Å². The summed E-state index contributed by atoms with van der Waals surface area (Å²) in [6.07, 6.45) is 5.99. The van der Waals surface area contributed by atoms with Crippen molar-refractivity contribution in [2.24, 2.45) is 5.92 Å². The quantitative estimate of drug-likeness (QED) is 0.836. The van der Waals surface area contributed by atoms with Crippen LogP contribution in [-0.4, -0.2) is 28.2 Å². The number of nitrogens with one attached hydrogen (secondary N) is 2. The lowest BCUT2D eigenvalue weighted by Gasteiger charge is -2.28. The second-order valence-electron chi connectivity index (χ2n) is 7.04. The minimum atomic E-state index is 0.0526. The zero-order chi connectivity index (χ0) is 17.2. The van der Waals surface area contributed by atoms with Crippen LogP contribution in [0.25, 0.3) is 0 Å². The zero-order valence-electron chi connectivity index (χ0n) is 13.9. The third-order valence-corrected chi connectivity index (χ3v) is 6.08. The minimum Gasteiger partial charge on any atom is -0.311 e. The van der Waals surface area contributed by atoms with E-state index in [0.717, 1.165) is 23.4 Å². The number of piperidine rings is 1. The fourth-order valence-electron chi connectivity index (χ4n) is 3.97. The number of halogens is 1. The van der Waals surface area contributed by atoms with Gasteiger partial charge >= 0.3 is 0 Å². The van der Waals surface area contributed by atoms with Crippen molar-refractivity contribution in [1.82, 2.24) is 15.5 Å². The van der Waals surface area contributed by atoms with Crippen molar-refractivity contribution < 1.29 is 4.79 Å². The minimum absolute atomic E-state index is 0.0526. The van der Waals surface area contributed by atoms with Crippen molar-refractivity contribution in [3.05, 3.63) is 39.9 Å². The Morgan fingerprint density at radius 1 is 1.28 bits per heavy atom. The molecule has 2 atom stereocenters. The molecule has 7 heteroatoms. The topological polar surface area (TPSA) is 66.9 Å². The Bertz CT molecular complexity index is 753. The van der Waals surface area contributed by atoms with E-state index < -0.39 is 0 Å². The first-order valence-corrected chi connectivity index (χ1v) is 9.96. The third kappa shape index (κ3) is 4.37. The summed E-state index contributed by atoms with van der Waals surface area (Å²) in [5.41, 5.74) is 1.09. The highest BCUT2D eigenvalue weighted by molar-refractivity contribution is 7.15. The van der Waals surface area contributed by atoms with Crippen molar-refractivity contribution in [3.63, 3.8) is 0 Å². The number of carbonyl (C=O) groups is 1. The number of amides is 1. The average Bonchev–Trinajstić information content (AvgIpc) is 3.13. The molecule has 0 aliphatic carbocycles. The van der Waals surface area contributed by atoms with Crippen LogP contribution in [0, 0.1) is 5.92 Å². The van der Waals surface area contributed by atoms with E-state index in [0.29, 0.717) is 41.0 Å². The van der Waals surface area contributed by atoms with Gasteiger partial charge in [0, 0.05) is 29.9 Å². The Labute approximate surface area is 156 Å². The Morgan fingerprint density at radius 2 is 2.08 bits per heavy atom. The highest BCUT2D eigenvalue weighted by atomic mass is 35.5. The standard InChI is InChI=1S/C18H21ClN4OS/c19-13-3-1-2-11(6-13)10-17-22-23-18(25-17)21-16(24)9-12-7-14-4-5-15(8-12)20-14/h1-3,6,12,14-15,20H,4-5,7-10H2,(H,21,23,24). The van der Waals surface area contributed by atoms with Crippen molar-refractivity contribution in [1.29, 1.82) is 0 Å². The lowest BCUT2D eigenvalue weighted by molar-refractivity contribution is -0.117. The number of fused-ring (bicyclic) bond motifs is 2. The van der Waals surface area contributed by atoms with Crippen LogP contribution in [0.5, 0.6) is 0 Å². The van der Waals surface area contributed by atoms with Gasteiger partial charge in [-0.3, -0.25) is 4.79 Å². The molecular formula is C18H21ClN4OS. The normalized spacial score (nSPS) is 25.1. The number of aromatic nitrogens is 2. The predicted octanol–water partition coefficient (Wildman–Crippen LogP) is 3.64. The lowest BCUT2D eigenvalue weighted by Crippen LogP contribution is -2.39. The molecule has 0 radical (unpaired) electrons. The zero-order valence-corrected chi connectivity index (χ0v) is 15.4. The van der Waals surface area contributed by atoms with Gasteiger partial charge in [-0.1, -0.05) is 35.1 Å². The summed E-state index contributed by atoms with van der Waals surface area (Å²) in [5.74, 6) is 0.536. The van der Waals surface area contributed by atoms with Crippen LogP contribution in [-0.2, 0) is 11.2 Å². The van der Waals surface area contributed by atoms with E-state index in [-0.39, 0.29) is 5.91 Å². The molecular weight excluding hydrogens is 356 g/mol. The molecule has 1 amide bonds. The van der Waals surface area contributed by atoms with Crippen LogP contribution in [0.3, 0.4) is 0 Å². The van der Waals surface area contributed by atoms with Gasteiger partial charge in [-0.25, -0.2) is 0 Å². The molecule has 25 heavy (non-hydrogen) atoms. The Morgan fingerprint density at radius 3 is 2.84 bits per heavy atom. The molecule has 4 rings (SSSR count). The van der Waals surface area contributed by atoms with Crippen LogP contribution in [0.1, 0.15) is 42.7 Å². The van der Waals surface area contributed by atoms with E-state index in [2.05, 4.69) is 20.8 Å². The summed E-state index contributed by atoms with van der Waals surface area (Å²) in [4.78, 5) is 12.3. The lowest BCUT2D eigenvalue weighted by atomic mass is 9.89. The van der Waals surface area contributed by atoms with Crippen molar-refractivity contribution in [2.75, 3.05) is 5.32 Å². The molecule has 5 nitrogen and oxygen atoms in total. The molecule has 0 spiro atoms. The number of hydrogen-bond donors (Lipinski definition) is 2. The molecule has 3 heterocycles. The monoisotopic (exact) mass is 376 g/mol. The summed E-state index contributed by atoms with van der Waals surface area (Å²) in [7, 11) is 0. The molecule has 2 saturated heterocycles. The van der Waals surface area contributed by atoms with Gasteiger partial charge in [0.2, 0.25) is 11.0 Å². The highest BCUT2D eigenvalue weighted by Crippen LogP contribution is 2.33. The van der Waals surface area contributed by atoms with Gasteiger partial charge in [-0.15, -0.1) is 10.2 Å². The SMILES string of the molecule is O=C(CC1CC2CCC(C1)N2)Nc1nnc(Cc2cccc(Cl)c2)s1. The molecule has 1 aromatic heterocycles. The summed E-state index contributed by atoms with van der Waals surface area (Å²) < 4.78 is 0. The molecule has 2 unspecified atom stereocenters. The van der Waals surface area contributed by atoms with Gasteiger partial charge < -0.3 is 10.6 Å². The van der Waals surface area contributed by atoms with Crippen LogP contribution in [0.2, 0.25) is 5.02 Å². The third-order valence-electron chi connectivity index (χ3n) is 5.00. The maximum absolute atomic E-state index is 12.3. The Balaban J connectivity index is 1.31. The molecule has 1 aromatic carbocycles. The molecule has 2 fully saturated rings. The number of carbonyl (C=O) groups excluding carboxylic acids is 1. The first-order valence-electron chi connectivity index (χ1n) is 8.77. The molecule has 2 aliphatic rings. The summed E-state index contributed by atoms with van der Waals surface area (Å²) in [6.45, 7) is 0. The van der Waals surface area contributed by atoms with Gasteiger partial charge in [0.25, 0.3) is 0 Å². The number of anilines is 1. The van der Waals surface area contributed by atoms with E-state index in [1.807, 2.05) is 24.3 Å². The average molecular weight is 377 g/mol. The smallest absolute Gasteiger partial charge is 0.226 e. The Kier molecular flexibility index (Phi) is 5.01. The molecule has 132 valence electrons. The van der Waals surface area contributed by atoms with E-state index in [1.165, 1.54) is 24.2 Å².